The molecule has 1 aromatic rings. The standard InChI is InChI=1S/C22H38N4O4/c1-22(2,3)18(20(27)28)16(13-9-12-15-10-7-6-8-11-15)19-24-17(25-30-19)14-23-21(29)26(4)5/h15-16,18H,6-14H2,1-5H3,(H,23,29)(H,27,28)/t16-,18?/m1/s1. The molecule has 2 amide bonds. The molecule has 0 bridgehead atoms. The highest BCUT2D eigenvalue weighted by Gasteiger charge is 2.41. The number of hydrogen-bond donors (Lipinski definition) is 2. The predicted molar refractivity (Wildman–Crippen MR) is 114 cm³/mol. The van der Waals surface area contributed by atoms with E-state index in [4.69, 9.17) is 4.52 Å². The summed E-state index contributed by atoms with van der Waals surface area (Å²) in [5.74, 6) is -0.362. The zero-order valence-corrected chi connectivity index (χ0v) is 19.1. The second-order valence-electron chi connectivity index (χ2n) is 9.83. The number of nitrogens with zero attached hydrogens (tertiary/aromatic N) is 3. The summed E-state index contributed by atoms with van der Waals surface area (Å²) in [6.07, 6.45) is 9.27. The van der Waals surface area contributed by atoms with Crippen LogP contribution in [0.2, 0.25) is 0 Å². The Morgan fingerprint density at radius 1 is 1.23 bits per heavy atom. The number of urea groups is 1. The Morgan fingerprint density at radius 3 is 2.47 bits per heavy atom. The lowest BCUT2D eigenvalue weighted by Gasteiger charge is -2.32. The van der Waals surface area contributed by atoms with E-state index in [0.717, 1.165) is 18.8 Å². The number of aromatic nitrogens is 2. The minimum Gasteiger partial charge on any atom is -0.481 e. The lowest BCUT2D eigenvalue weighted by Crippen LogP contribution is -2.35. The van der Waals surface area contributed by atoms with Crippen LogP contribution in [0.25, 0.3) is 0 Å². The van der Waals surface area contributed by atoms with Crippen LogP contribution >= 0.6 is 0 Å². The molecule has 1 saturated carbocycles. The van der Waals surface area contributed by atoms with Crippen LogP contribution in [0.1, 0.15) is 89.8 Å². The van der Waals surface area contributed by atoms with Gasteiger partial charge in [0.2, 0.25) is 5.89 Å². The van der Waals surface area contributed by atoms with Crippen molar-refractivity contribution in [1.82, 2.24) is 20.4 Å². The van der Waals surface area contributed by atoms with Gasteiger partial charge in [-0.05, 0) is 17.8 Å². The Morgan fingerprint density at radius 2 is 1.90 bits per heavy atom. The van der Waals surface area contributed by atoms with Gasteiger partial charge in [0.15, 0.2) is 5.82 Å². The third-order valence-electron chi connectivity index (χ3n) is 6.06. The highest BCUT2D eigenvalue weighted by molar-refractivity contribution is 5.73. The van der Waals surface area contributed by atoms with E-state index in [1.807, 2.05) is 20.8 Å². The van der Waals surface area contributed by atoms with Crippen LogP contribution in [0.5, 0.6) is 0 Å². The van der Waals surface area contributed by atoms with Gasteiger partial charge in [0.05, 0.1) is 18.4 Å². The van der Waals surface area contributed by atoms with Crippen LogP contribution in [-0.2, 0) is 11.3 Å². The van der Waals surface area contributed by atoms with E-state index in [9.17, 15) is 14.7 Å². The molecular formula is C22H38N4O4. The molecule has 1 unspecified atom stereocenters. The third-order valence-corrected chi connectivity index (χ3v) is 6.06. The molecule has 30 heavy (non-hydrogen) atoms. The molecule has 2 rings (SSSR count). The van der Waals surface area contributed by atoms with Crippen LogP contribution in [0.4, 0.5) is 4.79 Å². The van der Waals surface area contributed by atoms with Crippen molar-refractivity contribution < 1.29 is 19.2 Å². The van der Waals surface area contributed by atoms with Crippen LogP contribution in [0.3, 0.4) is 0 Å². The molecule has 1 heterocycles. The average Bonchev–Trinajstić information content (AvgIpc) is 3.13. The number of amides is 2. The van der Waals surface area contributed by atoms with Crippen LogP contribution in [0.15, 0.2) is 4.52 Å². The first-order chi connectivity index (χ1) is 14.1. The predicted octanol–water partition coefficient (Wildman–Crippen LogP) is 4.42. The summed E-state index contributed by atoms with van der Waals surface area (Å²) >= 11 is 0. The largest absolute Gasteiger partial charge is 0.481 e. The molecule has 1 aliphatic rings. The van der Waals surface area contributed by atoms with Crippen LogP contribution in [-0.4, -0.2) is 46.2 Å². The molecule has 0 spiro atoms. The minimum atomic E-state index is -0.842. The van der Waals surface area contributed by atoms with Crippen LogP contribution in [0, 0.1) is 17.3 Å². The second-order valence-corrected chi connectivity index (χ2v) is 9.83. The van der Waals surface area contributed by atoms with Gasteiger partial charge < -0.3 is 19.8 Å². The van der Waals surface area contributed by atoms with E-state index in [1.54, 1.807) is 14.1 Å². The first-order valence-corrected chi connectivity index (χ1v) is 11.1. The minimum absolute atomic E-state index is 0.141. The summed E-state index contributed by atoms with van der Waals surface area (Å²) in [7, 11) is 3.31. The molecule has 0 radical (unpaired) electrons. The molecule has 1 fully saturated rings. The van der Waals surface area contributed by atoms with Gasteiger partial charge >= 0.3 is 12.0 Å². The Hall–Kier alpha value is -2.12. The van der Waals surface area contributed by atoms with Gasteiger partial charge in [-0.3, -0.25) is 4.79 Å². The van der Waals surface area contributed by atoms with Crippen molar-refractivity contribution in [3.63, 3.8) is 0 Å². The number of nitrogens with one attached hydrogen (secondary N) is 1. The Labute approximate surface area is 179 Å². The molecule has 1 aromatic heterocycles. The van der Waals surface area contributed by atoms with E-state index in [1.165, 1.54) is 37.0 Å². The molecule has 8 heteroatoms. The summed E-state index contributed by atoms with van der Waals surface area (Å²) in [5.41, 5.74) is -0.449. The molecule has 0 aromatic carbocycles. The maximum atomic E-state index is 12.2. The van der Waals surface area contributed by atoms with Gasteiger partial charge in [-0.25, -0.2) is 4.79 Å². The Bertz CT molecular complexity index is 690. The van der Waals surface area contributed by atoms with Crippen molar-refractivity contribution >= 4 is 12.0 Å². The molecule has 2 atom stereocenters. The summed E-state index contributed by atoms with van der Waals surface area (Å²) in [6, 6.07) is -0.247. The van der Waals surface area contributed by atoms with Crippen molar-refractivity contribution in [2.24, 2.45) is 17.3 Å². The lowest BCUT2D eigenvalue weighted by atomic mass is 9.71. The summed E-state index contributed by atoms with van der Waals surface area (Å²) in [5, 5.41) is 16.7. The number of carboxylic acid groups (broad SMARTS) is 1. The maximum Gasteiger partial charge on any atom is 0.317 e. The zero-order valence-electron chi connectivity index (χ0n) is 19.1. The quantitative estimate of drug-likeness (QED) is 0.610. The first kappa shape index (κ1) is 24.2. The van der Waals surface area contributed by atoms with Gasteiger partial charge in [-0.15, -0.1) is 0 Å². The van der Waals surface area contributed by atoms with Gasteiger partial charge in [0, 0.05) is 14.1 Å². The van der Waals surface area contributed by atoms with Crippen molar-refractivity contribution in [2.75, 3.05) is 14.1 Å². The third kappa shape index (κ3) is 6.99. The van der Waals surface area contributed by atoms with Gasteiger partial charge in [-0.2, -0.15) is 4.98 Å². The molecule has 0 aliphatic heterocycles. The van der Waals surface area contributed by atoms with Gasteiger partial charge in [0.25, 0.3) is 0 Å². The SMILES string of the molecule is CN(C)C(=O)NCc1noc([C@H](CCCC2CCCCC2)C(C(=O)O)C(C)(C)C)n1. The fourth-order valence-corrected chi connectivity index (χ4v) is 4.48. The van der Waals surface area contributed by atoms with Crippen LogP contribution < -0.4 is 5.32 Å². The molecule has 2 N–H and O–H groups in total. The number of rotatable bonds is 9. The van der Waals surface area contributed by atoms with Crippen molar-refractivity contribution in [1.29, 1.82) is 0 Å². The van der Waals surface area contributed by atoms with E-state index in [-0.39, 0.29) is 18.5 Å². The van der Waals surface area contributed by atoms with E-state index in [2.05, 4.69) is 15.5 Å². The van der Waals surface area contributed by atoms with Gasteiger partial charge in [0.1, 0.15) is 0 Å². The molecule has 1 aliphatic carbocycles. The second kappa shape index (κ2) is 10.8. The fourth-order valence-electron chi connectivity index (χ4n) is 4.48. The number of hydrogen-bond acceptors (Lipinski definition) is 5. The smallest absolute Gasteiger partial charge is 0.317 e. The topological polar surface area (TPSA) is 109 Å². The van der Waals surface area contributed by atoms with Crippen molar-refractivity contribution in [3.8, 4) is 0 Å². The number of aliphatic carboxylic acids is 1. The van der Waals surface area contributed by atoms with Crippen molar-refractivity contribution in [3.05, 3.63) is 11.7 Å². The maximum absolute atomic E-state index is 12.2. The monoisotopic (exact) mass is 422 g/mol. The highest BCUT2D eigenvalue weighted by Crippen LogP contribution is 2.41. The summed E-state index contributed by atoms with van der Waals surface area (Å²) in [4.78, 5) is 29.8. The highest BCUT2D eigenvalue weighted by atomic mass is 16.5. The number of carbonyl (C=O) groups is 2. The molecule has 0 saturated heterocycles. The zero-order chi connectivity index (χ0) is 22.3. The van der Waals surface area contributed by atoms with E-state index >= 15 is 0 Å². The lowest BCUT2D eigenvalue weighted by molar-refractivity contribution is -0.147. The van der Waals surface area contributed by atoms with Gasteiger partial charge in [-0.1, -0.05) is 70.9 Å². The van der Waals surface area contributed by atoms with E-state index < -0.39 is 17.3 Å². The molecule has 8 nitrogen and oxygen atoms in total. The Kier molecular flexibility index (Phi) is 8.67. The normalized spacial score (nSPS) is 17.4. The number of carboxylic acids is 1. The fraction of sp³-hybridized carbons (Fsp3) is 0.818. The average molecular weight is 423 g/mol. The summed E-state index contributed by atoms with van der Waals surface area (Å²) in [6.45, 7) is 5.96. The number of carbonyl (C=O) groups excluding carboxylic acids is 1. The summed E-state index contributed by atoms with van der Waals surface area (Å²) < 4.78 is 5.50. The molecular weight excluding hydrogens is 384 g/mol. The van der Waals surface area contributed by atoms with E-state index in [0.29, 0.717) is 18.1 Å². The first-order valence-electron chi connectivity index (χ1n) is 11.1. The Balaban J connectivity index is 2.12. The van der Waals surface area contributed by atoms with Crippen molar-refractivity contribution in [2.45, 2.75) is 84.6 Å². The molecule has 170 valence electrons.